The summed E-state index contributed by atoms with van der Waals surface area (Å²) >= 11 is 0. The molecule has 7 aliphatic rings. The Morgan fingerprint density at radius 1 is 1.30 bits per heavy atom. The van der Waals surface area contributed by atoms with Crippen molar-refractivity contribution >= 4 is 5.91 Å². The number of benzene rings is 1. The number of nitrogens with zero attached hydrogens (tertiary/aromatic N) is 1. The zero-order valence-corrected chi connectivity index (χ0v) is 20.0. The van der Waals surface area contributed by atoms with Crippen LogP contribution in [-0.4, -0.2) is 59.5 Å². The molecular weight excluding hydrogens is 416 g/mol. The van der Waals surface area contributed by atoms with E-state index in [0.29, 0.717) is 17.4 Å². The first-order chi connectivity index (χ1) is 15.7. The summed E-state index contributed by atoms with van der Waals surface area (Å²) in [7, 11) is 1.79. The molecule has 2 aliphatic heterocycles. The average Bonchev–Trinajstić information content (AvgIpc) is 3.51. The Balaban J connectivity index is 1.50. The van der Waals surface area contributed by atoms with Crippen LogP contribution in [-0.2, 0) is 16.6 Å². The molecular formula is C27H36N2O4. The number of amides is 1. The molecule has 6 heteroatoms. The molecule has 0 aromatic heterocycles. The van der Waals surface area contributed by atoms with E-state index in [1.807, 2.05) is 19.9 Å². The average molecular weight is 453 g/mol. The predicted molar refractivity (Wildman–Crippen MR) is 123 cm³/mol. The van der Waals surface area contributed by atoms with Gasteiger partial charge in [-0.3, -0.25) is 9.69 Å². The Morgan fingerprint density at radius 2 is 2.09 bits per heavy atom. The molecule has 3 N–H and O–H groups in total. The number of ether oxygens (including phenoxy) is 2. The summed E-state index contributed by atoms with van der Waals surface area (Å²) in [6.45, 7) is 6.13. The Kier molecular flexibility index (Phi) is 3.85. The molecule has 2 spiro atoms. The van der Waals surface area contributed by atoms with Crippen molar-refractivity contribution in [3.8, 4) is 5.75 Å². The van der Waals surface area contributed by atoms with Crippen LogP contribution in [0.15, 0.2) is 12.1 Å². The highest BCUT2D eigenvalue weighted by Gasteiger charge is 2.81. The SMILES string of the molecule is CO[C@@]12CC[C@@]3(C[C@@H]1C(C)(C)O)[C@H]1Cc4ccc(C(N)=O)c5c4[C@@]3(CCN1CC1CC1)[C@H]2O5. The maximum absolute atomic E-state index is 12.4. The molecule has 1 amide bonds. The minimum absolute atomic E-state index is 0.0181. The molecule has 5 fully saturated rings. The molecule has 4 saturated carbocycles. The van der Waals surface area contributed by atoms with Crippen LogP contribution in [0.2, 0.25) is 0 Å². The molecule has 6 nitrogen and oxygen atoms in total. The molecule has 1 aromatic rings. The minimum Gasteiger partial charge on any atom is -0.485 e. The van der Waals surface area contributed by atoms with Crippen molar-refractivity contribution in [3.05, 3.63) is 28.8 Å². The number of primary amides is 1. The van der Waals surface area contributed by atoms with Crippen LogP contribution >= 0.6 is 0 Å². The van der Waals surface area contributed by atoms with Gasteiger partial charge in [0.1, 0.15) is 17.5 Å². The number of carbonyl (C=O) groups is 1. The normalized spacial score (nSPS) is 42.7. The monoisotopic (exact) mass is 452 g/mol. The predicted octanol–water partition coefficient (Wildman–Crippen LogP) is 2.78. The topological polar surface area (TPSA) is 85.0 Å². The largest absolute Gasteiger partial charge is 0.485 e. The number of nitrogens with two attached hydrogens (primary N) is 1. The van der Waals surface area contributed by atoms with E-state index in [1.54, 1.807) is 7.11 Å². The number of aliphatic hydroxyl groups is 1. The molecule has 1 aromatic carbocycles. The van der Waals surface area contributed by atoms with E-state index in [9.17, 15) is 9.90 Å². The molecule has 5 aliphatic carbocycles. The molecule has 0 unspecified atom stereocenters. The van der Waals surface area contributed by atoms with Crippen molar-refractivity contribution in [3.63, 3.8) is 0 Å². The summed E-state index contributed by atoms with van der Waals surface area (Å²) in [6.07, 6.45) is 7.43. The van der Waals surface area contributed by atoms with Gasteiger partial charge in [0.15, 0.2) is 0 Å². The van der Waals surface area contributed by atoms with Gasteiger partial charge in [0.05, 0.1) is 11.2 Å². The molecule has 33 heavy (non-hydrogen) atoms. The fraction of sp³-hybridized carbons (Fsp3) is 0.741. The second kappa shape index (κ2) is 6.13. The number of methoxy groups -OCH3 is 1. The Bertz CT molecular complexity index is 1060. The van der Waals surface area contributed by atoms with E-state index in [0.717, 1.165) is 44.6 Å². The molecule has 2 heterocycles. The Labute approximate surface area is 195 Å². The van der Waals surface area contributed by atoms with E-state index < -0.39 is 17.1 Å². The molecule has 1 saturated heterocycles. The van der Waals surface area contributed by atoms with Gasteiger partial charge in [0, 0.05) is 42.0 Å². The molecule has 4 bridgehead atoms. The second-order valence-electron chi connectivity index (χ2n) is 12.4. The Morgan fingerprint density at radius 3 is 2.76 bits per heavy atom. The quantitative estimate of drug-likeness (QED) is 0.718. The molecule has 6 atom stereocenters. The van der Waals surface area contributed by atoms with Gasteiger partial charge in [0.2, 0.25) is 0 Å². The highest BCUT2D eigenvalue weighted by atomic mass is 16.6. The molecule has 0 radical (unpaired) electrons. The lowest BCUT2D eigenvalue weighted by atomic mass is 9.34. The molecule has 178 valence electrons. The number of hydrogen-bond donors (Lipinski definition) is 2. The highest BCUT2D eigenvalue weighted by Crippen LogP contribution is 2.77. The number of fused-ring (bicyclic) bond motifs is 2. The summed E-state index contributed by atoms with van der Waals surface area (Å²) in [4.78, 5) is 15.2. The zero-order valence-electron chi connectivity index (χ0n) is 20.0. The third-order valence-corrected chi connectivity index (χ3v) is 10.8. The van der Waals surface area contributed by atoms with Crippen molar-refractivity contribution < 1.29 is 19.4 Å². The van der Waals surface area contributed by atoms with E-state index in [4.69, 9.17) is 15.2 Å². The summed E-state index contributed by atoms with van der Waals surface area (Å²) in [6, 6.07) is 4.45. The van der Waals surface area contributed by atoms with Crippen LogP contribution in [0.5, 0.6) is 5.75 Å². The van der Waals surface area contributed by atoms with Gasteiger partial charge < -0.3 is 20.3 Å². The lowest BCUT2D eigenvalue weighted by Crippen LogP contribution is -2.82. The summed E-state index contributed by atoms with van der Waals surface area (Å²) in [5.74, 6) is 1.10. The van der Waals surface area contributed by atoms with Gasteiger partial charge in [-0.15, -0.1) is 0 Å². The Hall–Kier alpha value is -1.63. The summed E-state index contributed by atoms with van der Waals surface area (Å²) in [5, 5.41) is 11.4. The smallest absolute Gasteiger partial charge is 0.252 e. The standard InChI is InChI=1S/C27H36N2O4/c1-24(2,31)18-13-25-8-9-27(18,32-3)23-26(25)10-11-29(14-15-4-5-15)19(25)12-16-6-7-17(22(28)30)21(33-23)20(16)26/h6-7,15,18-19,23,31H,4-5,8-14H2,1-3H3,(H2,28,30)/t18-,19-,23-,25-,26+,27+/m1/s1. The van der Waals surface area contributed by atoms with Crippen LogP contribution in [0, 0.1) is 17.3 Å². The molecule has 8 rings (SSSR count). The van der Waals surface area contributed by atoms with Gasteiger partial charge >= 0.3 is 0 Å². The van der Waals surface area contributed by atoms with Crippen molar-refractivity contribution in [1.29, 1.82) is 0 Å². The van der Waals surface area contributed by atoms with Gasteiger partial charge in [-0.1, -0.05) is 6.07 Å². The van der Waals surface area contributed by atoms with Gasteiger partial charge in [-0.05, 0) is 82.9 Å². The lowest BCUT2D eigenvalue weighted by molar-refractivity contribution is -0.300. The van der Waals surface area contributed by atoms with Crippen LogP contribution in [0.3, 0.4) is 0 Å². The number of likely N-dealkylation sites (tertiary alicyclic amines) is 1. The van der Waals surface area contributed by atoms with Crippen LogP contribution in [0.4, 0.5) is 0 Å². The third-order valence-electron chi connectivity index (χ3n) is 10.8. The van der Waals surface area contributed by atoms with E-state index >= 15 is 0 Å². The number of rotatable bonds is 5. The van der Waals surface area contributed by atoms with Gasteiger partial charge in [-0.2, -0.15) is 0 Å². The van der Waals surface area contributed by atoms with Crippen LogP contribution in [0.25, 0.3) is 0 Å². The second-order valence-corrected chi connectivity index (χ2v) is 12.4. The lowest BCUT2D eigenvalue weighted by Gasteiger charge is -2.75. The first-order valence-corrected chi connectivity index (χ1v) is 12.8. The zero-order chi connectivity index (χ0) is 23.0. The van der Waals surface area contributed by atoms with E-state index in [2.05, 4.69) is 11.0 Å². The van der Waals surface area contributed by atoms with Crippen LogP contribution in [0.1, 0.15) is 73.9 Å². The fourth-order valence-electron chi connectivity index (χ4n) is 9.44. The number of hydrogen-bond acceptors (Lipinski definition) is 5. The first-order valence-electron chi connectivity index (χ1n) is 12.8. The number of carbonyl (C=O) groups excluding carboxylic acids is 1. The first kappa shape index (κ1) is 20.7. The fourth-order valence-corrected chi connectivity index (χ4v) is 9.44. The highest BCUT2D eigenvalue weighted by molar-refractivity contribution is 5.97. The minimum atomic E-state index is -0.883. The summed E-state index contributed by atoms with van der Waals surface area (Å²) < 4.78 is 13.3. The maximum atomic E-state index is 12.4. The van der Waals surface area contributed by atoms with Crippen molar-refractivity contribution in [2.75, 3.05) is 20.2 Å². The van der Waals surface area contributed by atoms with Gasteiger partial charge in [0.25, 0.3) is 5.91 Å². The summed E-state index contributed by atoms with van der Waals surface area (Å²) in [5.41, 5.74) is 7.29. The van der Waals surface area contributed by atoms with E-state index in [-0.39, 0.29) is 22.9 Å². The third kappa shape index (κ3) is 2.24. The number of piperidine rings is 1. The van der Waals surface area contributed by atoms with E-state index in [1.165, 1.54) is 30.5 Å². The van der Waals surface area contributed by atoms with Crippen molar-refractivity contribution in [2.45, 2.75) is 87.6 Å². The van der Waals surface area contributed by atoms with Crippen LogP contribution < -0.4 is 10.5 Å². The van der Waals surface area contributed by atoms with Crippen molar-refractivity contribution in [2.24, 2.45) is 23.0 Å². The maximum Gasteiger partial charge on any atom is 0.252 e. The van der Waals surface area contributed by atoms with Gasteiger partial charge in [-0.25, -0.2) is 0 Å². The van der Waals surface area contributed by atoms with Crippen molar-refractivity contribution in [1.82, 2.24) is 4.90 Å².